The third-order valence-corrected chi connectivity index (χ3v) is 2.03. The minimum absolute atomic E-state index is 0.793. The fraction of sp³-hybridized carbons (Fsp3) is 0. The van der Waals surface area contributed by atoms with E-state index in [4.69, 9.17) is 0 Å². The minimum atomic E-state index is 0.793. The van der Waals surface area contributed by atoms with Gasteiger partial charge in [-0.2, -0.15) is 0 Å². The Morgan fingerprint density at radius 1 is 1.09 bits per heavy atom. The first kappa shape index (κ1) is 7.70. The smallest absolute Gasteiger partial charge is 0.125 e. The van der Waals surface area contributed by atoms with E-state index in [2.05, 4.69) is 0 Å². The van der Waals surface area contributed by atoms with E-state index in [9.17, 15) is 9.59 Å². The quantitative estimate of drug-likeness (QED) is 0.620. The molecule has 0 aromatic carbocycles. The summed E-state index contributed by atoms with van der Waals surface area (Å²) in [4.78, 5) is 21.3. The summed E-state index contributed by atoms with van der Waals surface area (Å²) in [5, 5.41) is 0. The zero-order valence-corrected chi connectivity index (χ0v) is 6.35. The summed E-state index contributed by atoms with van der Waals surface area (Å²) in [7, 11) is 0. The first-order valence-electron chi connectivity index (χ1n) is 2.88. The molecule has 2 nitrogen and oxygen atoms in total. The Bertz CT molecular complexity index is 306. The van der Waals surface area contributed by atoms with E-state index in [1.165, 1.54) is 23.5 Å². The average Bonchev–Trinajstić information content (AvgIpc) is 2.38. The molecule has 1 rings (SSSR count). The molecular formula is C8H4O2S. The predicted octanol–water partition coefficient (Wildman–Crippen LogP) is 1.44. The molecule has 0 atom stereocenters. The highest BCUT2D eigenvalue weighted by Gasteiger charge is 1.92. The van der Waals surface area contributed by atoms with Gasteiger partial charge in [-0.05, 0) is 12.1 Å². The lowest BCUT2D eigenvalue weighted by atomic mass is 10.4. The number of carbonyl (C=O) groups excluding carboxylic acids is 2. The Kier molecular flexibility index (Phi) is 2.59. The Balaban J connectivity index is 2.98. The molecule has 1 aromatic heterocycles. The molecule has 0 N–H and O–H groups in total. The summed E-state index contributed by atoms with van der Waals surface area (Å²) < 4.78 is 0. The van der Waals surface area contributed by atoms with Gasteiger partial charge in [0.25, 0.3) is 0 Å². The van der Waals surface area contributed by atoms with Crippen LogP contribution in [0.1, 0.15) is 9.75 Å². The molecule has 0 aliphatic carbocycles. The van der Waals surface area contributed by atoms with E-state index in [0.29, 0.717) is 0 Å². The summed E-state index contributed by atoms with van der Waals surface area (Å²) in [6.07, 6.45) is 2.65. The molecule has 0 unspecified atom stereocenters. The molecular weight excluding hydrogens is 160 g/mol. The highest BCUT2D eigenvalue weighted by Crippen LogP contribution is 2.17. The maximum atomic E-state index is 9.88. The van der Waals surface area contributed by atoms with Gasteiger partial charge in [0.15, 0.2) is 0 Å². The molecule has 0 radical (unpaired) electrons. The SMILES string of the molecule is O=C=Cc1ccc(C=C=O)s1. The van der Waals surface area contributed by atoms with Crippen LogP contribution in [0.5, 0.6) is 0 Å². The van der Waals surface area contributed by atoms with E-state index >= 15 is 0 Å². The van der Waals surface area contributed by atoms with Gasteiger partial charge in [-0.15, -0.1) is 11.3 Å². The molecule has 0 saturated heterocycles. The summed E-state index contributed by atoms with van der Waals surface area (Å²) >= 11 is 1.35. The summed E-state index contributed by atoms with van der Waals surface area (Å²) in [6.45, 7) is 0. The van der Waals surface area contributed by atoms with Crippen molar-refractivity contribution in [1.82, 2.24) is 0 Å². The van der Waals surface area contributed by atoms with Crippen LogP contribution < -0.4 is 0 Å². The Hall–Kier alpha value is -1.40. The molecule has 3 heteroatoms. The van der Waals surface area contributed by atoms with Crippen LogP contribution in [0.15, 0.2) is 12.1 Å². The average molecular weight is 164 g/mol. The van der Waals surface area contributed by atoms with Crippen LogP contribution >= 0.6 is 11.3 Å². The van der Waals surface area contributed by atoms with Crippen LogP contribution in [-0.2, 0) is 9.59 Å². The van der Waals surface area contributed by atoms with E-state index in [-0.39, 0.29) is 0 Å². The highest BCUT2D eigenvalue weighted by molar-refractivity contribution is 7.13. The van der Waals surface area contributed by atoms with Gasteiger partial charge in [-0.1, -0.05) is 0 Å². The van der Waals surface area contributed by atoms with E-state index in [1.54, 1.807) is 24.0 Å². The van der Waals surface area contributed by atoms with Gasteiger partial charge < -0.3 is 0 Å². The third kappa shape index (κ3) is 2.03. The standard InChI is InChI=1S/C8H4O2S/c9-5-3-7-1-2-8(11-7)4-6-10/h1-4H. The number of hydrogen-bond acceptors (Lipinski definition) is 3. The van der Waals surface area contributed by atoms with Gasteiger partial charge in [0.05, 0.1) is 0 Å². The van der Waals surface area contributed by atoms with Crippen molar-refractivity contribution < 1.29 is 9.59 Å². The molecule has 0 amide bonds. The summed E-state index contributed by atoms with van der Waals surface area (Å²) in [5.41, 5.74) is 0. The van der Waals surface area contributed by atoms with E-state index in [0.717, 1.165) is 9.75 Å². The van der Waals surface area contributed by atoms with Crippen LogP contribution in [0.2, 0.25) is 0 Å². The summed E-state index contributed by atoms with van der Waals surface area (Å²) in [5.74, 6) is 3.32. The number of rotatable bonds is 2. The lowest BCUT2D eigenvalue weighted by Gasteiger charge is -1.74. The van der Waals surface area contributed by atoms with Crippen molar-refractivity contribution >= 4 is 35.4 Å². The highest BCUT2D eigenvalue weighted by atomic mass is 32.1. The maximum absolute atomic E-state index is 9.88. The molecule has 1 aromatic rings. The maximum Gasteiger partial charge on any atom is 0.125 e. The number of hydrogen-bond donors (Lipinski definition) is 0. The normalized spacial score (nSPS) is 8.00. The second kappa shape index (κ2) is 3.69. The monoisotopic (exact) mass is 164 g/mol. The molecule has 0 fully saturated rings. The molecule has 0 aliphatic heterocycles. The third-order valence-electron chi connectivity index (χ3n) is 1.05. The first-order valence-corrected chi connectivity index (χ1v) is 3.70. The van der Waals surface area contributed by atoms with Crippen molar-refractivity contribution in [2.24, 2.45) is 0 Å². The van der Waals surface area contributed by atoms with E-state index < -0.39 is 0 Å². The Morgan fingerprint density at radius 2 is 1.55 bits per heavy atom. The molecule has 1 heterocycles. The largest absolute Gasteiger partial charge is 0.233 e. The zero-order valence-electron chi connectivity index (χ0n) is 5.53. The lowest BCUT2D eigenvalue weighted by molar-refractivity contribution is 0.569. The van der Waals surface area contributed by atoms with Gasteiger partial charge in [-0.3, -0.25) is 0 Å². The van der Waals surface area contributed by atoms with Gasteiger partial charge in [0.2, 0.25) is 0 Å². The zero-order chi connectivity index (χ0) is 8.10. The Morgan fingerprint density at radius 3 is 1.91 bits per heavy atom. The Labute approximate surface area is 67.5 Å². The van der Waals surface area contributed by atoms with Crippen molar-refractivity contribution in [2.75, 3.05) is 0 Å². The minimum Gasteiger partial charge on any atom is -0.233 e. The second-order valence-corrected chi connectivity index (χ2v) is 2.91. The van der Waals surface area contributed by atoms with Gasteiger partial charge >= 0.3 is 0 Å². The van der Waals surface area contributed by atoms with Crippen molar-refractivity contribution in [1.29, 1.82) is 0 Å². The van der Waals surface area contributed by atoms with Crippen LogP contribution in [0.4, 0.5) is 0 Å². The molecule has 0 saturated carbocycles. The predicted molar refractivity (Wildman–Crippen MR) is 44.6 cm³/mol. The topological polar surface area (TPSA) is 34.1 Å². The molecule has 0 aliphatic rings. The van der Waals surface area contributed by atoms with Crippen molar-refractivity contribution in [3.63, 3.8) is 0 Å². The van der Waals surface area contributed by atoms with Crippen molar-refractivity contribution in [3.05, 3.63) is 21.9 Å². The fourth-order valence-electron chi connectivity index (χ4n) is 0.640. The van der Waals surface area contributed by atoms with Crippen LogP contribution in [0.25, 0.3) is 12.2 Å². The van der Waals surface area contributed by atoms with Crippen LogP contribution in [0, 0.1) is 0 Å². The second-order valence-electron chi connectivity index (χ2n) is 1.76. The first-order chi connectivity index (χ1) is 5.36. The van der Waals surface area contributed by atoms with Gasteiger partial charge in [-0.25, -0.2) is 9.59 Å². The molecule has 54 valence electrons. The summed E-state index contributed by atoms with van der Waals surface area (Å²) in [6, 6.07) is 3.50. The fourth-order valence-corrected chi connectivity index (χ4v) is 1.40. The molecule has 0 spiro atoms. The van der Waals surface area contributed by atoms with Gasteiger partial charge in [0.1, 0.15) is 11.9 Å². The van der Waals surface area contributed by atoms with Crippen molar-refractivity contribution in [2.45, 2.75) is 0 Å². The lowest BCUT2D eigenvalue weighted by Crippen LogP contribution is -1.54. The van der Waals surface area contributed by atoms with E-state index in [1.807, 2.05) is 0 Å². The molecule has 11 heavy (non-hydrogen) atoms. The van der Waals surface area contributed by atoms with Crippen LogP contribution in [-0.4, -0.2) is 11.9 Å². The van der Waals surface area contributed by atoms with Crippen LogP contribution in [0.3, 0.4) is 0 Å². The molecule has 0 bridgehead atoms. The number of thiophene rings is 1. The van der Waals surface area contributed by atoms with Crippen molar-refractivity contribution in [3.8, 4) is 0 Å². The van der Waals surface area contributed by atoms with Gasteiger partial charge in [0, 0.05) is 21.9 Å².